The first kappa shape index (κ1) is 14.9. The third-order valence-electron chi connectivity index (χ3n) is 2.22. The summed E-state index contributed by atoms with van der Waals surface area (Å²) in [5, 5.41) is 9.01. The lowest BCUT2D eigenvalue weighted by Crippen LogP contribution is -2.52. The summed E-state index contributed by atoms with van der Waals surface area (Å²) in [6.45, 7) is 4.69. The number of nitrogens with zero attached hydrogens (tertiary/aromatic N) is 1. The van der Waals surface area contributed by atoms with E-state index in [2.05, 4.69) is 4.74 Å². The average molecular weight is 273 g/mol. The van der Waals surface area contributed by atoms with Gasteiger partial charge in [-0.25, -0.2) is 14.4 Å². The Labute approximate surface area is 109 Å². The molecule has 0 aliphatic carbocycles. The highest BCUT2D eigenvalue weighted by atomic mass is 16.6. The number of hydrogen-bond acceptors (Lipinski definition) is 6. The lowest BCUT2D eigenvalue weighted by molar-refractivity contribution is -0.167. The third-order valence-corrected chi connectivity index (χ3v) is 2.22. The van der Waals surface area contributed by atoms with E-state index in [9.17, 15) is 19.2 Å². The summed E-state index contributed by atoms with van der Waals surface area (Å²) < 4.78 is 9.22. The van der Waals surface area contributed by atoms with Crippen molar-refractivity contribution in [1.82, 2.24) is 4.90 Å². The maximum absolute atomic E-state index is 11.8. The summed E-state index contributed by atoms with van der Waals surface area (Å²) in [7, 11) is 0. The van der Waals surface area contributed by atoms with E-state index in [4.69, 9.17) is 9.84 Å². The van der Waals surface area contributed by atoms with E-state index >= 15 is 0 Å². The van der Waals surface area contributed by atoms with Crippen LogP contribution in [-0.4, -0.2) is 45.8 Å². The van der Waals surface area contributed by atoms with Crippen LogP contribution in [0.25, 0.3) is 0 Å². The van der Waals surface area contributed by atoms with Gasteiger partial charge < -0.3 is 14.6 Å². The van der Waals surface area contributed by atoms with E-state index in [0.717, 1.165) is 0 Å². The predicted octanol–water partition coefficient (Wildman–Crippen LogP) is 1.13. The minimum atomic E-state index is -1.63. The SMILES string of the molecule is CC(C)(C)OC(=O)N(C(=O)O)[C@H]1CCC(=O)OC1=O. The third kappa shape index (κ3) is 3.94. The molecule has 1 N–H and O–H groups in total. The largest absolute Gasteiger partial charge is 0.464 e. The Hall–Kier alpha value is -2.12. The highest BCUT2D eigenvalue weighted by Gasteiger charge is 2.42. The van der Waals surface area contributed by atoms with Gasteiger partial charge in [-0.15, -0.1) is 0 Å². The van der Waals surface area contributed by atoms with Gasteiger partial charge in [0.15, 0.2) is 0 Å². The van der Waals surface area contributed by atoms with Crippen molar-refractivity contribution in [3.05, 3.63) is 0 Å². The summed E-state index contributed by atoms with van der Waals surface area (Å²) in [6, 6.07) is -1.36. The molecule has 0 unspecified atom stereocenters. The van der Waals surface area contributed by atoms with Crippen LogP contribution in [0, 0.1) is 0 Å². The number of ether oxygens (including phenoxy) is 2. The first-order valence-corrected chi connectivity index (χ1v) is 5.61. The summed E-state index contributed by atoms with van der Waals surface area (Å²) in [5.41, 5.74) is -0.904. The molecule has 0 saturated carbocycles. The van der Waals surface area contributed by atoms with Crippen molar-refractivity contribution in [2.24, 2.45) is 0 Å². The fourth-order valence-electron chi connectivity index (χ4n) is 1.49. The Balaban J connectivity index is 2.89. The number of carbonyl (C=O) groups is 4. The second-order valence-electron chi connectivity index (χ2n) is 4.98. The fourth-order valence-corrected chi connectivity index (χ4v) is 1.49. The standard InChI is InChI=1S/C11H15NO7/c1-11(2,3)19-10(17)12(9(15)16)6-4-5-7(13)18-8(6)14/h6H,4-5H2,1-3H3,(H,15,16)/t6-/m0/s1. The molecule has 0 aromatic rings. The Kier molecular flexibility index (Phi) is 4.13. The van der Waals surface area contributed by atoms with Gasteiger partial charge in [-0.1, -0.05) is 0 Å². The number of cyclic esters (lactones) is 2. The maximum Gasteiger partial charge on any atom is 0.420 e. The molecule has 1 saturated heterocycles. The molecule has 0 spiro atoms. The van der Waals surface area contributed by atoms with E-state index in [-0.39, 0.29) is 17.7 Å². The summed E-state index contributed by atoms with van der Waals surface area (Å²) in [5.74, 6) is -1.81. The van der Waals surface area contributed by atoms with Crippen LogP contribution in [0.1, 0.15) is 33.6 Å². The number of esters is 2. The van der Waals surface area contributed by atoms with E-state index in [1.54, 1.807) is 20.8 Å². The van der Waals surface area contributed by atoms with Crippen LogP contribution in [0.2, 0.25) is 0 Å². The normalized spacial score (nSPS) is 19.6. The molecule has 106 valence electrons. The van der Waals surface area contributed by atoms with E-state index in [1.807, 2.05) is 0 Å². The zero-order valence-electron chi connectivity index (χ0n) is 10.8. The molecular formula is C11H15NO7. The van der Waals surface area contributed by atoms with Crippen molar-refractivity contribution < 1.29 is 33.8 Å². The first-order valence-electron chi connectivity index (χ1n) is 5.61. The minimum Gasteiger partial charge on any atom is -0.464 e. The highest BCUT2D eigenvalue weighted by molar-refractivity contribution is 5.98. The van der Waals surface area contributed by atoms with Gasteiger partial charge in [0.1, 0.15) is 11.6 Å². The zero-order valence-corrected chi connectivity index (χ0v) is 10.8. The van der Waals surface area contributed by atoms with Crippen LogP contribution in [0.15, 0.2) is 0 Å². The smallest absolute Gasteiger partial charge is 0.420 e. The van der Waals surface area contributed by atoms with Crippen LogP contribution < -0.4 is 0 Å². The summed E-state index contributed by atoms with van der Waals surface area (Å²) in [6.07, 6.45) is -3.05. The fraction of sp³-hybridized carbons (Fsp3) is 0.636. The van der Waals surface area contributed by atoms with Crippen molar-refractivity contribution in [3.63, 3.8) is 0 Å². The molecule has 8 nitrogen and oxygen atoms in total. The quantitative estimate of drug-likeness (QED) is 0.563. The van der Waals surface area contributed by atoms with Crippen molar-refractivity contribution >= 4 is 24.1 Å². The number of carboxylic acid groups (broad SMARTS) is 1. The van der Waals surface area contributed by atoms with Gasteiger partial charge in [0.05, 0.1) is 0 Å². The molecule has 8 heteroatoms. The second-order valence-corrected chi connectivity index (χ2v) is 4.98. The van der Waals surface area contributed by atoms with Crippen molar-refractivity contribution in [2.45, 2.75) is 45.3 Å². The first-order chi connectivity index (χ1) is 8.61. The number of carbonyl (C=O) groups excluding carboxylic acids is 3. The van der Waals surface area contributed by atoms with Crippen LogP contribution in [-0.2, 0) is 19.1 Å². The molecule has 1 rings (SSSR count). The lowest BCUT2D eigenvalue weighted by Gasteiger charge is -2.30. The Morgan fingerprint density at radius 2 is 1.95 bits per heavy atom. The molecule has 1 heterocycles. The molecule has 0 aromatic heterocycles. The molecule has 2 amide bonds. The second kappa shape index (κ2) is 5.25. The number of hydrogen-bond donors (Lipinski definition) is 1. The molecule has 1 aliphatic heterocycles. The van der Waals surface area contributed by atoms with Gasteiger partial charge in [-0.05, 0) is 27.2 Å². The average Bonchev–Trinajstić information content (AvgIpc) is 2.18. The Bertz CT molecular complexity index is 423. The van der Waals surface area contributed by atoms with Gasteiger partial charge in [-0.3, -0.25) is 4.79 Å². The van der Waals surface area contributed by atoms with E-state index in [1.165, 1.54) is 0 Å². The van der Waals surface area contributed by atoms with Crippen molar-refractivity contribution in [2.75, 3.05) is 0 Å². The van der Waals surface area contributed by atoms with Gasteiger partial charge >= 0.3 is 24.1 Å². The molecule has 1 aliphatic rings. The van der Waals surface area contributed by atoms with Crippen LogP contribution in [0.5, 0.6) is 0 Å². The molecule has 1 atom stereocenters. The molecule has 0 bridgehead atoms. The van der Waals surface area contributed by atoms with Gasteiger partial charge in [0.2, 0.25) is 0 Å². The molecule has 1 fully saturated rings. The van der Waals surface area contributed by atoms with Crippen LogP contribution in [0.4, 0.5) is 9.59 Å². The van der Waals surface area contributed by atoms with Crippen LogP contribution in [0.3, 0.4) is 0 Å². The van der Waals surface area contributed by atoms with Gasteiger partial charge in [0.25, 0.3) is 0 Å². The van der Waals surface area contributed by atoms with Gasteiger partial charge in [0, 0.05) is 6.42 Å². The predicted molar refractivity (Wildman–Crippen MR) is 60.2 cm³/mol. The maximum atomic E-state index is 11.8. The van der Waals surface area contributed by atoms with Crippen molar-refractivity contribution in [3.8, 4) is 0 Å². The number of imide groups is 1. The Morgan fingerprint density at radius 3 is 2.37 bits per heavy atom. The van der Waals surface area contributed by atoms with E-state index < -0.39 is 35.8 Å². The van der Waals surface area contributed by atoms with Crippen molar-refractivity contribution in [1.29, 1.82) is 0 Å². The van der Waals surface area contributed by atoms with E-state index in [0.29, 0.717) is 0 Å². The summed E-state index contributed by atoms with van der Waals surface area (Å²) >= 11 is 0. The zero-order chi connectivity index (χ0) is 14.8. The van der Waals surface area contributed by atoms with Gasteiger partial charge in [-0.2, -0.15) is 4.90 Å². The molecular weight excluding hydrogens is 258 g/mol. The number of amides is 2. The topological polar surface area (TPSA) is 110 Å². The summed E-state index contributed by atoms with van der Waals surface area (Å²) in [4.78, 5) is 45.4. The Morgan fingerprint density at radius 1 is 1.37 bits per heavy atom. The highest BCUT2D eigenvalue weighted by Crippen LogP contribution is 2.19. The van der Waals surface area contributed by atoms with Crippen LogP contribution >= 0.6 is 0 Å². The molecule has 0 aromatic carbocycles. The molecule has 0 radical (unpaired) electrons. The number of rotatable bonds is 1. The molecule has 19 heavy (non-hydrogen) atoms. The lowest BCUT2D eigenvalue weighted by atomic mass is 10.1. The monoisotopic (exact) mass is 273 g/mol. The minimum absolute atomic E-state index is 0.108.